The lowest BCUT2D eigenvalue weighted by Crippen LogP contribution is -2.18. The Hall–Kier alpha value is -1.19. The topological polar surface area (TPSA) is 58.4 Å². The van der Waals surface area contributed by atoms with E-state index in [4.69, 9.17) is 5.73 Å². The molecule has 3 N–H and O–H groups in total. The first kappa shape index (κ1) is 6.92. The van der Waals surface area contributed by atoms with Crippen molar-refractivity contribution in [2.24, 2.45) is 5.73 Å². The number of nitrogens with one attached hydrogen (secondary N) is 1. The highest BCUT2D eigenvalue weighted by Crippen LogP contribution is 2.01. The van der Waals surface area contributed by atoms with Gasteiger partial charge in [0.1, 0.15) is 5.82 Å². The molecule has 0 aliphatic carbocycles. The van der Waals surface area contributed by atoms with Crippen LogP contribution in [-0.2, 0) is 4.79 Å². The fraction of sp³-hybridized carbons (Fsp3) is 0.500. The van der Waals surface area contributed by atoms with Crippen LogP contribution in [0.1, 0.15) is 0 Å². The van der Waals surface area contributed by atoms with E-state index in [0.29, 0.717) is 0 Å². The maximum atomic E-state index is 10.4. The van der Waals surface area contributed by atoms with Gasteiger partial charge >= 0.3 is 0 Å². The molecule has 0 aromatic carbocycles. The highest BCUT2D eigenvalue weighted by molar-refractivity contribution is 5.86. The molecule has 1 saturated heterocycles. The van der Waals surface area contributed by atoms with Gasteiger partial charge in [-0.2, -0.15) is 0 Å². The van der Waals surface area contributed by atoms with Gasteiger partial charge in [0.05, 0.1) is 0 Å². The van der Waals surface area contributed by atoms with Crippen LogP contribution < -0.4 is 11.1 Å². The fourth-order valence-corrected chi connectivity index (χ4v) is 0.903. The lowest BCUT2D eigenvalue weighted by atomic mass is 10.5. The molecular formula is C6H11N3O. The van der Waals surface area contributed by atoms with Crippen molar-refractivity contribution in [3.8, 4) is 0 Å². The molecule has 4 heteroatoms. The first-order chi connectivity index (χ1) is 4.70. The first-order valence-corrected chi connectivity index (χ1v) is 3.16. The van der Waals surface area contributed by atoms with Crippen molar-refractivity contribution in [1.82, 2.24) is 10.2 Å². The van der Waals surface area contributed by atoms with Crippen LogP contribution in [0.2, 0.25) is 0 Å². The summed E-state index contributed by atoms with van der Waals surface area (Å²) in [5.41, 5.74) is 4.95. The van der Waals surface area contributed by atoms with Gasteiger partial charge in [-0.3, -0.25) is 4.79 Å². The summed E-state index contributed by atoms with van der Waals surface area (Å²) in [5.74, 6) is 0.406. The van der Waals surface area contributed by atoms with Crippen molar-refractivity contribution in [3.63, 3.8) is 0 Å². The zero-order chi connectivity index (χ0) is 7.56. The Balaban J connectivity index is 2.62. The molecule has 1 fully saturated rings. The Bertz CT molecular complexity index is 176. The molecule has 1 aliphatic heterocycles. The number of primary amides is 1. The van der Waals surface area contributed by atoms with Crippen molar-refractivity contribution in [2.45, 2.75) is 0 Å². The maximum absolute atomic E-state index is 10.4. The smallest absolute Gasteiger partial charge is 0.245 e. The number of carbonyl (C=O) groups excluding carboxylic acids is 1. The van der Waals surface area contributed by atoms with E-state index in [-0.39, 0.29) is 0 Å². The third-order valence-electron chi connectivity index (χ3n) is 1.44. The molecule has 4 nitrogen and oxygen atoms in total. The van der Waals surface area contributed by atoms with Gasteiger partial charge in [0.15, 0.2) is 0 Å². The first-order valence-electron chi connectivity index (χ1n) is 3.16. The second-order valence-electron chi connectivity index (χ2n) is 2.28. The summed E-state index contributed by atoms with van der Waals surface area (Å²) in [6.45, 7) is 1.81. The standard InChI is InChI=1S/C6H11N3O/c1-9-3-2-8-6(9)4-5(7)10/h4,8H,2-3H2,1H3,(H2,7,10)/b6-4+. The lowest BCUT2D eigenvalue weighted by Gasteiger charge is -2.09. The number of likely N-dealkylation sites (N-methyl/N-ethyl adjacent to an activating group) is 1. The van der Waals surface area contributed by atoms with Gasteiger partial charge in [-0.05, 0) is 0 Å². The summed E-state index contributed by atoms with van der Waals surface area (Å²) in [4.78, 5) is 12.3. The van der Waals surface area contributed by atoms with E-state index >= 15 is 0 Å². The second kappa shape index (κ2) is 2.60. The number of hydrogen-bond donors (Lipinski definition) is 2. The summed E-state index contributed by atoms with van der Waals surface area (Å²) in [7, 11) is 1.91. The quantitative estimate of drug-likeness (QED) is 0.453. The molecule has 0 saturated carbocycles. The van der Waals surface area contributed by atoms with Crippen LogP contribution >= 0.6 is 0 Å². The Morgan fingerprint density at radius 1 is 1.90 bits per heavy atom. The number of amides is 1. The Morgan fingerprint density at radius 3 is 3.00 bits per heavy atom. The molecule has 56 valence electrons. The van der Waals surface area contributed by atoms with Gasteiger partial charge in [0.2, 0.25) is 5.91 Å². The van der Waals surface area contributed by atoms with Crippen LogP contribution in [0.25, 0.3) is 0 Å². The molecule has 0 aromatic rings. The predicted octanol–water partition coefficient (Wildman–Crippen LogP) is -1.15. The minimum atomic E-state index is -0.406. The van der Waals surface area contributed by atoms with Crippen LogP contribution in [0, 0.1) is 0 Å². The average molecular weight is 141 g/mol. The third kappa shape index (κ3) is 1.40. The van der Waals surface area contributed by atoms with Gasteiger partial charge in [0.25, 0.3) is 0 Å². The maximum Gasteiger partial charge on any atom is 0.245 e. The molecule has 1 heterocycles. The van der Waals surface area contributed by atoms with E-state index in [1.54, 1.807) is 0 Å². The summed E-state index contributed by atoms with van der Waals surface area (Å²) in [6.07, 6.45) is 1.40. The number of hydrogen-bond acceptors (Lipinski definition) is 3. The van der Waals surface area contributed by atoms with Crippen LogP contribution in [0.15, 0.2) is 11.9 Å². The minimum absolute atomic E-state index is 0.406. The van der Waals surface area contributed by atoms with Crippen LogP contribution in [-0.4, -0.2) is 30.9 Å². The monoisotopic (exact) mass is 141 g/mol. The van der Waals surface area contributed by atoms with E-state index in [0.717, 1.165) is 18.9 Å². The summed E-state index contributed by atoms with van der Waals surface area (Å²) in [6, 6.07) is 0. The highest BCUT2D eigenvalue weighted by Gasteiger charge is 2.10. The lowest BCUT2D eigenvalue weighted by molar-refractivity contribution is -0.113. The molecule has 1 amide bonds. The fourth-order valence-electron chi connectivity index (χ4n) is 0.903. The number of carbonyl (C=O) groups is 1. The van der Waals surface area contributed by atoms with Crippen molar-refractivity contribution in [3.05, 3.63) is 11.9 Å². The molecule has 1 rings (SSSR count). The molecule has 0 aromatic heterocycles. The van der Waals surface area contributed by atoms with Gasteiger partial charge in [-0.1, -0.05) is 0 Å². The highest BCUT2D eigenvalue weighted by atomic mass is 16.1. The Morgan fingerprint density at radius 2 is 2.60 bits per heavy atom. The SMILES string of the molecule is CN1CCN/C1=C\C(N)=O. The van der Waals surface area contributed by atoms with Crippen LogP contribution in [0.4, 0.5) is 0 Å². The minimum Gasteiger partial charge on any atom is -0.370 e. The molecule has 0 spiro atoms. The van der Waals surface area contributed by atoms with Crippen molar-refractivity contribution in [1.29, 1.82) is 0 Å². The van der Waals surface area contributed by atoms with Gasteiger partial charge in [0, 0.05) is 26.2 Å². The van der Waals surface area contributed by atoms with Crippen molar-refractivity contribution < 1.29 is 4.79 Å². The Labute approximate surface area is 59.7 Å². The van der Waals surface area contributed by atoms with Crippen LogP contribution in [0.5, 0.6) is 0 Å². The second-order valence-corrected chi connectivity index (χ2v) is 2.28. The summed E-state index contributed by atoms with van der Waals surface area (Å²) < 4.78 is 0. The van der Waals surface area contributed by atoms with Crippen LogP contribution in [0.3, 0.4) is 0 Å². The van der Waals surface area contributed by atoms with Crippen molar-refractivity contribution in [2.75, 3.05) is 20.1 Å². The van der Waals surface area contributed by atoms with E-state index in [9.17, 15) is 4.79 Å². The molecule has 10 heavy (non-hydrogen) atoms. The summed E-state index contributed by atoms with van der Waals surface area (Å²) >= 11 is 0. The van der Waals surface area contributed by atoms with E-state index in [2.05, 4.69) is 5.32 Å². The molecule has 1 aliphatic rings. The normalized spacial score (nSPS) is 21.3. The number of rotatable bonds is 1. The van der Waals surface area contributed by atoms with Gasteiger partial charge in [-0.25, -0.2) is 0 Å². The van der Waals surface area contributed by atoms with Crippen molar-refractivity contribution >= 4 is 5.91 Å². The Kier molecular flexibility index (Phi) is 1.80. The summed E-state index contributed by atoms with van der Waals surface area (Å²) in [5, 5.41) is 3.02. The number of nitrogens with zero attached hydrogens (tertiary/aromatic N) is 1. The zero-order valence-electron chi connectivity index (χ0n) is 5.92. The van der Waals surface area contributed by atoms with E-state index in [1.165, 1.54) is 6.08 Å². The number of nitrogens with two attached hydrogens (primary N) is 1. The van der Waals surface area contributed by atoms with E-state index in [1.807, 2.05) is 11.9 Å². The molecule has 0 bridgehead atoms. The molecule has 0 radical (unpaired) electrons. The molecule has 0 atom stereocenters. The molecule has 0 unspecified atom stereocenters. The molecular weight excluding hydrogens is 130 g/mol. The third-order valence-corrected chi connectivity index (χ3v) is 1.44. The van der Waals surface area contributed by atoms with Gasteiger partial charge in [-0.15, -0.1) is 0 Å². The largest absolute Gasteiger partial charge is 0.370 e. The van der Waals surface area contributed by atoms with E-state index < -0.39 is 5.91 Å². The predicted molar refractivity (Wildman–Crippen MR) is 37.9 cm³/mol. The zero-order valence-corrected chi connectivity index (χ0v) is 5.92. The average Bonchev–Trinajstić information content (AvgIpc) is 2.15. The van der Waals surface area contributed by atoms with Gasteiger partial charge < -0.3 is 16.0 Å².